The average Bonchev–Trinajstić information content (AvgIpc) is 2.79. The molecular weight excluding hydrogens is 436 g/mol. The fourth-order valence-electron chi connectivity index (χ4n) is 3.70. The number of nitrogens with zero attached hydrogens (tertiary/aromatic N) is 1. The van der Waals surface area contributed by atoms with E-state index in [0.717, 1.165) is 18.9 Å². The molecule has 0 unspecified atom stereocenters. The first-order valence-electron chi connectivity index (χ1n) is 10.4. The Bertz CT molecular complexity index is 1080. The maximum Gasteiger partial charge on any atom is 0.312 e. The van der Waals surface area contributed by atoms with E-state index in [1.54, 1.807) is 18.2 Å². The predicted molar refractivity (Wildman–Crippen MR) is 117 cm³/mol. The standard InChI is InChI=1S/C22H26N2O7S/c1-2-22(26)12-10-16(11-13-22)15-31-20-9-8-18(14-19(20)24(27)28)32(29,30)23-21(25)17-6-4-3-5-7-17/h3-9,14,16,26H,2,10-13,15H2,1H3,(H,23,25). The Kier molecular flexibility index (Phi) is 7.15. The van der Waals surface area contributed by atoms with Crippen LogP contribution < -0.4 is 9.46 Å². The molecule has 0 saturated heterocycles. The molecule has 1 saturated carbocycles. The first kappa shape index (κ1) is 23.7. The van der Waals surface area contributed by atoms with Gasteiger partial charge in [0, 0.05) is 11.6 Å². The van der Waals surface area contributed by atoms with Crippen molar-refractivity contribution in [1.29, 1.82) is 0 Å². The van der Waals surface area contributed by atoms with Crippen molar-refractivity contribution in [2.24, 2.45) is 5.92 Å². The highest BCUT2D eigenvalue weighted by Gasteiger charge is 2.32. The van der Waals surface area contributed by atoms with E-state index in [9.17, 15) is 28.4 Å². The van der Waals surface area contributed by atoms with Gasteiger partial charge in [-0.1, -0.05) is 25.1 Å². The summed E-state index contributed by atoms with van der Waals surface area (Å²) in [6.45, 7) is 2.18. The lowest BCUT2D eigenvalue weighted by atomic mass is 9.78. The van der Waals surface area contributed by atoms with Gasteiger partial charge < -0.3 is 9.84 Å². The number of hydrogen-bond acceptors (Lipinski definition) is 7. The zero-order valence-corrected chi connectivity index (χ0v) is 18.5. The topological polar surface area (TPSA) is 136 Å². The molecule has 1 fully saturated rings. The molecule has 10 heteroatoms. The Morgan fingerprint density at radius 1 is 1.22 bits per heavy atom. The van der Waals surface area contributed by atoms with Crippen molar-refractivity contribution in [3.63, 3.8) is 0 Å². The second kappa shape index (κ2) is 9.66. The number of sulfonamides is 1. The minimum atomic E-state index is -4.32. The Morgan fingerprint density at radius 2 is 1.88 bits per heavy atom. The van der Waals surface area contributed by atoms with E-state index < -0.39 is 37.0 Å². The van der Waals surface area contributed by atoms with Crippen molar-refractivity contribution in [2.75, 3.05) is 6.61 Å². The highest BCUT2D eigenvalue weighted by molar-refractivity contribution is 7.90. The van der Waals surface area contributed by atoms with E-state index >= 15 is 0 Å². The van der Waals surface area contributed by atoms with Crippen molar-refractivity contribution in [3.05, 3.63) is 64.2 Å². The quantitative estimate of drug-likeness (QED) is 0.453. The summed E-state index contributed by atoms with van der Waals surface area (Å²) in [6, 6.07) is 11.1. The molecule has 172 valence electrons. The molecule has 2 N–H and O–H groups in total. The average molecular weight is 463 g/mol. The van der Waals surface area contributed by atoms with E-state index in [4.69, 9.17) is 4.74 Å². The van der Waals surface area contributed by atoms with Crippen LogP contribution in [0.15, 0.2) is 53.4 Å². The van der Waals surface area contributed by atoms with Crippen molar-refractivity contribution >= 4 is 21.6 Å². The number of aliphatic hydroxyl groups is 1. The summed E-state index contributed by atoms with van der Waals surface area (Å²) >= 11 is 0. The molecule has 0 aromatic heterocycles. The number of nitro groups is 1. The van der Waals surface area contributed by atoms with Crippen LogP contribution in [0.2, 0.25) is 0 Å². The zero-order chi connectivity index (χ0) is 23.4. The lowest BCUT2D eigenvalue weighted by molar-refractivity contribution is -0.386. The normalized spacial score (nSPS) is 21.0. The van der Waals surface area contributed by atoms with Crippen LogP contribution in [0.4, 0.5) is 5.69 Å². The van der Waals surface area contributed by atoms with Gasteiger partial charge in [0.1, 0.15) is 0 Å². The minimum Gasteiger partial charge on any atom is -0.487 e. The number of rotatable bonds is 8. The monoisotopic (exact) mass is 462 g/mol. The van der Waals surface area contributed by atoms with Crippen LogP contribution in [-0.4, -0.2) is 36.6 Å². The number of nitrogens with one attached hydrogen (secondary N) is 1. The number of carbonyl (C=O) groups excluding carboxylic acids is 1. The summed E-state index contributed by atoms with van der Waals surface area (Å²) in [6.07, 6.45) is 3.48. The molecule has 0 atom stereocenters. The first-order chi connectivity index (χ1) is 15.1. The van der Waals surface area contributed by atoms with Gasteiger partial charge in [-0.25, -0.2) is 13.1 Å². The Labute approximate surface area is 186 Å². The molecule has 1 aliphatic rings. The fourth-order valence-corrected chi connectivity index (χ4v) is 4.70. The van der Waals surface area contributed by atoms with E-state index in [-0.39, 0.29) is 23.8 Å². The summed E-state index contributed by atoms with van der Waals surface area (Å²) in [5, 5.41) is 21.9. The molecular formula is C22H26N2O7S. The lowest BCUT2D eigenvalue weighted by Gasteiger charge is -2.35. The maximum atomic E-state index is 12.6. The molecule has 0 heterocycles. The summed E-state index contributed by atoms with van der Waals surface area (Å²) < 4.78 is 32.7. The van der Waals surface area contributed by atoms with E-state index in [2.05, 4.69) is 0 Å². The van der Waals surface area contributed by atoms with Crippen LogP contribution in [-0.2, 0) is 10.0 Å². The molecule has 1 aliphatic carbocycles. The van der Waals surface area contributed by atoms with E-state index in [1.165, 1.54) is 24.3 Å². The second-order valence-corrected chi connectivity index (χ2v) is 9.70. The van der Waals surface area contributed by atoms with Crippen molar-refractivity contribution in [1.82, 2.24) is 4.72 Å². The molecule has 0 radical (unpaired) electrons. The van der Waals surface area contributed by atoms with Crippen molar-refractivity contribution < 1.29 is 28.0 Å². The zero-order valence-electron chi connectivity index (χ0n) is 17.7. The van der Waals surface area contributed by atoms with Gasteiger partial charge in [-0.05, 0) is 62.3 Å². The molecule has 1 amide bonds. The number of carbonyl (C=O) groups is 1. The van der Waals surface area contributed by atoms with Gasteiger partial charge in [-0.2, -0.15) is 0 Å². The number of nitro benzene ring substituents is 1. The highest BCUT2D eigenvalue weighted by atomic mass is 32.2. The van der Waals surface area contributed by atoms with Crippen LogP contribution in [0.25, 0.3) is 0 Å². The smallest absolute Gasteiger partial charge is 0.312 e. The Hall–Kier alpha value is -2.98. The van der Waals surface area contributed by atoms with Crippen LogP contribution in [0.3, 0.4) is 0 Å². The SMILES string of the molecule is CCC1(O)CCC(COc2ccc(S(=O)(=O)NC(=O)c3ccccc3)cc2[N+](=O)[O-])CC1. The predicted octanol–water partition coefficient (Wildman–Crippen LogP) is 3.42. The fraction of sp³-hybridized carbons (Fsp3) is 0.409. The second-order valence-electron chi connectivity index (χ2n) is 8.02. The third-order valence-corrected chi connectivity index (χ3v) is 7.20. The van der Waals surface area contributed by atoms with E-state index in [1.807, 2.05) is 11.6 Å². The summed E-state index contributed by atoms with van der Waals surface area (Å²) in [5.41, 5.74) is -1.00. The minimum absolute atomic E-state index is 0.0420. The van der Waals surface area contributed by atoms with Gasteiger partial charge in [0.05, 0.1) is 22.0 Å². The summed E-state index contributed by atoms with van der Waals surface area (Å²) in [5.74, 6) is -0.729. The van der Waals surface area contributed by atoms with E-state index in [0.29, 0.717) is 19.3 Å². The molecule has 3 rings (SSSR count). The van der Waals surface area contributed by atoms with Crippen LogP contribution in [0, 0.1) is 16.0 Å². The summed E-state index contributed by atoms with van der Waals surface area (Å²) in [7, 11) is -4.32. The third-order valence-electron chi connectivity index (χ3n) is 5.87. The maximum absolute atomic E-state index is 12.6. The number of ether oxygens (including phenoxy) is 1. The third kappa shape index (κ3) is 5.63. The van der Waals surface area contributed by atoms with Crippen LogP contribution in [0.5, 0.6) is 5.75 Å². The Morgan fingerprint density at radius 3 is 2.47 bits per heavy atom. The lowest BCUT2D eigenvalue weighted by Crippen LogP contribution is -2.34. The van der Waals surface area contributed by atoms with Crippen molar-refractivity contribution in [2.45, 2.75) is 49.5 Å². The van der Waals surface area contributed by atoms with Crippen LogP contribution >= 0.6 is 0 Å². The van der Waals surface area contributed by atoms with Gasteiger partial charge in [-0.15, -0.1) is 0 Å². The van der Waals surface area contributed by atoms with Gasteiger partial charge in [0.25, 0.3) is 15.9 Å². The molecule has 0 aliphatic heterocycles. The Balaban J connectivity index is 1.71. The van der Waals surface area contributed by atoms with Gasteiger partial charge in [-0.3, -0.25) is 14.9 Å². The van der Waals surface area contributed by atoms with Crippen molar-refractivity contribution in [3.8, 4) is 5.75 Å². The highest BCUT2D eigenvalue weighted by Crippen LogP contribution is 2.36. The number of benzene rings is 2. The number of hydrogen-bond donors (Lipinski definition) is 2. The largest absolute Gasteiger partial charge is 0.487 e. The van der Waals surface area contributed by atoms with Gasteiger partial charge in [0.2, 0.25) is 0 Å². The van der Waals surface area contributed by atoms with Crippen LogP contribution in [0.1, 0.15) is 49.4 Å². The molecule has 32 heavy (non-hydrogen) atoms. The molecule has 0 spiro atoms. The first-order valence-corrected chi connectivity index (χ1v) is 11.9. The molecule has 2 aromatic carbocycles. The number of amides is 1. The molecule has 0 bridgehead atoms. The van der Waals surface area contributed by atoms with Gasteiger partial charge >= 0.3 is 5.69 Å². The molecule has 2 aromatic rings. The summed E-state index contributed by atoms with van der Waals surface area (Å²) in [4.78, 5) is 22.6. The molecule has 9 nitrogen and oxygen atoms in total. The van der Waals surface area contributed by atoms with Gasteiger partial charge in [0.15, 0.2) is 5.75 Å².